The highest BCUT2D eigenvalue weighted by atomic mass is 16.5. The Morgan fingerprint density at radius 2 is 1.81 bits per heavy atom. The van der Waals surface area contributed by atoms with Gasteiger partial charge in [-0.3, -0.25) is 9.59 Å². The zero-order valence-electron chi connectivity index (χ0n) is 15.2. The number of hydrogen-bond donors (Lipinski definition) is 2. The van der Waals surface area contributed by atoms with Crippen molar-refractivity contribution < 1.29 is 19.1 Å². The van der Waals surface area contributed by atoms with Gasteiger partial charge in [-0.2, -0.15) is 5.26 Å². The fourth-order valence-electron chi connectivity index (χ4n) is 2.38. The second-order valence-electron chi connectivity index (χ2n) is 5.66. The Labute approximate surface area is 157 Å². The summed E-state index contributed by atoms with van der Waals surface area (Å²) in [6.45, 7) is 0.369. The Kier molecular flexibility index (Phi) is 7.20. The number of rotatable bonds is 8. The lowest BCUT2D eigenvalue weighted by Gasteiger charge is -2.10. The van der Waals surface area contributed by atoms with Crippen molar-refractivity contribution in [1.82, 2.24) is 5.32 Å². The van der Waals surface area contributed by atoms with Gasteiger partial charge in [0.1, 0.15) is 11.5 Å². The van der Waals surface area contributed by atoms with Crippen molar-refractivity contribution in [3.8, 4) is 17.6 Å². The minimum atomic E-state index is -0.220. The van der Waals surface area contributed by atoms with Crippen molar-refractivity contribution in [2.45, 2.75) is 12.8 Å². The molecule has 0 radical (unpaired) electrons. The van der Waals surface area contributed by atoms with E-state index in [9.17, 15) is 9.59 Å². The van der Waals surface area contributed by atoms with Gasteiger partial charge in [0.15, 0.2) is 0 Å². The van der Waals surface area contributed by atoms with Gasteiger partial charge in [0.05, 0.1) is 31.5 Å². The van der Waals surface area contributed by atoms with E-state index in [-0.39, 0.29) is 18.2 Å². The minimum absolute atomic E-state index is 0.207. The molecule has 0 heterocycles. The summed E-state index contributed by atoms with van der Waals surface area (Å²) in [7, 11) is 3.05. The van der Waals surface area contributed by atoms with Crippen LogP contribution in [-0.4, -0.2) is 32.6 Å². The lowest BCUT2D eigenvalue weighted by atomic mass is 10.2. The maximum absolute atomic E-state index is 12.1. The van der Waals surface area contributed by atoms with E-state index >= 15 is 0 Å². The van der Waals surface area contributed by atoms with Gasteiger partial charge in [-0.25, -0.2) is 0 Å². The van der Waals surface area contributed by atoms with Crippen LogP contribution in [-0.2, 0) is 4.79 Å². The Morgan fingerprint density at radius 1 is 1.07 bits per heavy atom. The predicted octanol–water partition coefficient (Wildman–Crippen LogP) is 2.72. The van der Waals surface area contributed by atoms with Crippen molar-refractivity contribution in [2.24, 2.45) is 0 Å². The SMILES string of the molecule is COc1ccc(C(=O)NCCCC(=O)Nc2cc(C#N)ccc2OC)cc1. The van der Waals surface area contributed by atoms with Crippen molar-refractivity contribution in [3.63, 3.8) is 0 Å². The molecule has 0 aliphatic rings. The maximum atomic E-state index is 12.1. The van der Waals surface area contributed by atoms with E-state index in [2.05, 4.69) is 10.6 Å². The average molecular weight is 367 g/mol. The van der Waals surface area contributed by atoms with Gasteiger partial charge in [0.25, 0.3) is 5.91 Å². The van der Waals surface area contributed by atoms with Gasteiger partial charge >= 0.3 is 0 Å². The number of amides is 2. The standard InChI is InChI=1S/C20H21N3O4/c1-26-16-8-6-15(7-9-16)20(25)22-11-3-4-19(24)23-17-12-14(13-21)5-10-18(17)27-2/h5-10,12H,3-4,11H2,1-2H3,(H,22,25)(H,23,24). The molecular weight excluding hydrogens is 346 g/mol. The van der Waals surface area contributed by atoms with Crippen molar-refractivity contribution >= 4 is 17.5 Å². The molecule has 2 N–H and O–H groups in total. The summed E-state index contributed by atoms with van der Waals surface area (Å²) in [5.41, 5.74) is 1.40. The summed E-state index contributed by atoms with van der Waals surface area (Å²) in [6, 6.07) is 13.6. The molecule has 0 aromatic heterocycles. The Balaban J connectivity index is 1.79. The maximum Gasteiger partial charge on any atom is 0.251 e. The van der Waals surface area contributed by atoms with Gasteiger partial charge in [-0.15, -0.1) is 0 Å². The number of carbonyl (C=O) groups is 2. The molecule has 7 heteroatoms. The van der Waals surface area contributed by atoms with E-state index < -0.39 is 0 Å². The summed E-state index contributed by atoms with van der Waals surface area (Å²) in [6.07, 6.45) is 0.705. The van der Waals surface area contributed by atoms with Gasteiger partial charge in [0.2, 0.25) is 5.91 Å². The number of methoxy groups -OCH3 is 2. The predicted molar refractivity (Wildman–Crippen MR) is 101 cm³/mol. The van der Waals surface area contributed by atoms with Gasteiger partial charge < -0.3 is 20.1 Å². The fraction of sp³-hybridized carbons (Fsp3) is 0.250. The molecule has 2 aromatic rings. The van der Waals surface area contributed by atoms with E-state index in [4.69, 9.17) is 14.7 Å². The molecular formula is C20H21N3O4. The molecule has 0 unspecified atom stereocenters. The molecule has 2 rings (SSSR count). The number of ether oxygens (including phenoxy) is 2. The van der Waals surface area contributed by atoms with Crippen LogP contribution < -0.4 is 20.1 Å². The van der Waals surface area contributed by atoms with Crippen molar-refractivity contribution in [2.75, 3.05) is 26.1 Å². The second-order valence-corrected chi connectivity index (χ2v) is 5.66. The van der Waals surface area contributed by atoms with Crippen LogP contribution in [0.1, 0.15) is 28.8 Å². The zero-order valence-corrected chi connectivity index (χ0v) is 15.2. The summed E-state index contributed by atoms with van der Waals surface area (Å²) in [5.74, 6) is 0.734. The molecule has 0 saturated heterocycles. The first kappa shape index (κ1) is 19.8. The minimum Gasteiger partial charge on any atom is -0.497 e. The Bertz CT molecular complexity index is 841. The largest absolute Gasteiger partial charge is 0.497 e. The lowest BCUT2D eigenvalue weighted by Crippen LogP contribution is -2.25. The van der Waals surface area contributed by atoms with E-state index in [1.54, 1.807) is 49.6 Å². The van der Waals surface area contributed by atoms with Crippen LogP contribution in [0.4, 0.5) is 5.69 Å². The molecule has 0 saturated carbocycles. The normalized spacial score (nSPS) is 9.81. The third-order valence-electron chi connectivity index (χ3n) is 3.82. The van der Waals surface area contributed by atoms with Crippen LogP contribution in [0.15, 0.2) is 42.5 Å². The molecule has 0 bridgehead atoms. The molecule has 2 aromatic carbocycles. The number of anilines is 1. The van der Waals surface area contributed by atoms with Gasteiger partial charge in [-0.05, 0) is 48.9 Å². The topological polar surface area (TPSA) is 100 Å². The van der Waals surface area contributed by atoms with Crippen molar-refractivity contribution in [3.05, 3.63) is 53.6 Å². The van der Waals surface area contributed by atoms with Crippen LogP contribution in [0, 0.1) is 11.3 Å². The number of carbonyl (C=O) groups excluding carboxylic acids is 2. The third kappa shape index (κ3) is 5.75. The Morgan fingerprint density at radius 3 is 2.44 bits per heavy atom. The van der Waals surface area contributed by atoms with Gasteiger partial charge in [-0.1, -0.05) is 0 Å². The molecule has 27 heavy (non-hydrogen) atoms. The summed E-state index contributed by atoms with van der Waals surface area (Å²) < 4.78 is 10.2. The molecule has 0 aliphatic carbocycles. The zero-order chi connectivity index (χ0) is 19.6. The fourth-order valence-corrected chi connectivity index (χ4v) is 2.38. The smallest absolute Gasteiger partial charge is 0.251 e. The first-order valence-corrected chi connectivity index (χ1v) is 8.37. The molecule has 140 valence electrons. The molecule has 0 atom stereocenters. The van der Waals surface area contributed by atoms with Gasteiger partial charge in [0, 0.05) is 18.5 Å². The van der Waals surface area contributed by atoms with E-state index in [1.165, 1.54) is 7.11 Å². The van der Waals surface area contributed by atoms with E-state index in [1.807, 2.05) is 6.07 Å². The van der Waals surface area contributed by atoms with Crippen LogP contribution in [0.25, 0.3) is 0 Å². The molecule has 7 nitrogen and oxygen atoms in total. The molecule has 2 amide bonds. The van der Waals surface area contributed by atoms with E-state index in [0.717, 1.165) is 0 Å². The van der Waals surface area contributed by atoms with E-state index in [0.29, 0.717) is 41.3 Å². The highest BCUT2D eigenvalue weighted by Gasteiger charge is 2.10. The first-order chi connectivity index (χ1) is 13.1. The number of nitriles is 1. The van der Waals surface area contributed by atoms with Crippen LogP contribution in [0.5, 0.6) is 11.5 Å². The van der Waals surface area contributed by atoms with Crippen molar-refractivity contribution in [1.29, 1.82) is 5.26 Å². The number of benzene rings is 2. The second kappa shape index (κ2) is 9.82. The van der Waals surface area contributed by atoms with Crippen LogP contribution >= 0.6 is 0 Å². The number of nitrogens with zero attached hydrogens (tertiary/aromatic N) is 1. The lowest BCUT2D eigenvalue weighted by molar-refractivity contribution is -0.116. The monoisotopic (exact) mass is 367 g/mol. The Hall–Kier alpha value is -3.53. The first-order valence-electron chi connectivity index (χ1n) is 8.37. The third-order valence-corrected chi connectivity index (χ3v) is 3.82. The summed E-state index contributed by atoms with van der Waals surface area (Å²) >= 11 is 0. The van der Waals surface area contributed by atoms with Crippen LogP contribution in [0.3, 0.4) is 0 Å². The summed E-state index contributed by atoms with van der Waals surface area (Å²) in [4.78, 5) is 24.1. The number of nitrogens with one attached hydrogen (secondary N) is 2. The highest BCUT2D eigenvalue weighted by molar-refractivity contribution is 5.94. The molecule has 0 spiro atoms. The summed E-state index contributed by atoms with van der Waals surface area (Å²) in [5, 5.41) is 14.5. The number of hydrogen-bond acceptors (Lipinski definition) is 5. The van der Waals surface area contributed by atoms with Crippen LogP contribution in [0.2, 0.25) is 0 Å². The average Bonchev–Trinajstić information content (AvgIpc) is 2.71. The molecule has 0 aliphatic heterocycles. The molecule has 0 fully saturated rings. The highest BCUT2D eigenvalue weighted by Crippen LogP contribution is 2.25. The quantitative estimate of drug-likeness (QED) is 0.699.